The number of carbonyl (C=O) groups is 1. The summed E-state index contributed by atoms with van der Waals surface area (Å²) in [5.74, 6) is -0.337. The molecule has 0 saturated carbocycles. The van der Waals surface area contributed by atoms with Crippen molar-refractivity contribution in [3.8, 4) is 0 Å². The van der Waals surface area contributed by atoms with Gasteiger partial charge in [-0.15, -0.1) is 0 Å². The van der Waals surface area contributed by atoms with Crippen molar-refractivity contribution in [3.05, 3.63) is 12.2 Å². The van der Waals surface area contributed by atoms with Crippen LogP contribution in [0.15, 0.2) is 12.2 Å². The number of hydrogen-bond acceptors (Lipinski definition) is 5. The summed E-state index contributed by atoms with van der Waals surface area (Å²) in [7, 11) is 2.41. The molecule has 0 rings (SSSR count). The smallest absolute Gasteiger partial charge is 0.462 e. The quantitative estimate of drug-likeness (QED) is 0.128. The maximum Gasteiger partial charge on any atom is 0.472 e. The van der Waals surface area contributed by atoms with Crippen LogP contribution in [0.1, 0.15) is 58.3 Å². The van der Waals surface area contributed by atoms with E-state index in [0.717, 1.165) is 62.4 Å². The van der Waals surface area contributed by atoms with Gasteiger partial charge in [-0.3, -0.25) is 9.05 Å². The van der Waals surface area contributed by atoms with Crippen LogP contribution in [0.2, 0.25) is 0 Å². The largest absolute Gasteiger partial charge is 0.472 e. The molecular formula is C19H39NO6P+. The van der Waals surface area contributed by atoms with E-state index < -0.39 is 7.82 Å². The number of esters is 1. The highest BCUT2D eigenvalue weighted by molar-refractivity contribution is 7.47. The van der Waals surface area contributed by atoms with Crippen molar-refractivity contribution < 1.29 is 32.5 Å². The Morgan fingerprint density at radius 3 is 1.81 bits per heavy atom. The molecule has 0 aliphatic rings. The molecule has 1 N–H and O–H groups in total. The number of unbranched alkanes of at least 4 members (excludes halogenated alkanes) is 6. The van der Waals surface area contributed by atoms with Gasteiger partial charge < -0.3 is 14.1 Å². The fourth-order valence-corrected chi connectivity index (χ4v) is 3.08. The first-order valence-corrected chi connectivity index (χ1v) is 11.3. The van der Waals surface area contributed by atoms with Crippen LogP contribution < -0.4 is 0 Å². The average Bonchev–Trinajstić information content (AvgIpc) is 2.54. The molecule has 0 saturated heterocycles. The molecule has 0 aromatic heterocycles. The summed E-state index contributed by atoms with van der Waals surface area (Å²) >= 11 is 0. The minimum absolute atomic E-state index is 0.225. The van der Waals surface area contributed by atoms with Gasteiger partial charge in [-0.05, 0) is 32.6 Å². The summed E-state index contributed by atoms with van der Waals surface area (Å²) in [6.45, 7) is 7.05. The average molecular weight is 408 g/mol. The first kappa shape index (κ1) is 26.3. The summed E-state index contributed by atoms with van der Waals surface area (Å²) in [4.78, 5) is 20.8. The molecular weight excluding hydrogens is 369 g/mol. The Morgan fingerprint density at radius 1 is 0.889 bits per heavy atom. The van der Waals surface area contributed by atoms with Crippen LogP contribution in [0.3, 0.4) is 0 Å². The second-order valence-corrected chi connectivity index (χ2v) is 9.35. The topological polar surface area (TPSA) is 82.1 Å². The minimum Gasteiger partial charge on any atom is -0.462 e. The molecule has 8 heteroatoms. The molecule has 0 aliphatic heterocycles. The SMILES string of the molecule is C=C(C)C(=O)OCCCCCCCCOP(=O)(O)OCCCC[N+](C)(C)C. The number of nitrogens with zero attached hydrogens (tertiary/aromatic N) is 1. The van der Waals surface area contributed by atoms with Gasteiger partial charge in [0.1, 0.15) is 0 Å². The van der Waals surface area contributed by atoms with Crippen LogP contribution >= 0.6 is 7.82 Å². The number of quaternary nitrogens is 1. The number of hydrogen-bond donors (Lipinski definition) is 1. The van der Waals surface area contributed by atoms with Crippen molar-refractivity contribution in [1.29, 1.82) is 0 Å². The third kappa shape index (κ3) is 18.4. The van der Waals surface area contributed by atoms with E-state index in [1.54, 1.807) is 6.92 Å². The highest BCUT2D eigenvalue weighted by atomic mass is 31.2. The summed E-state index contributed by atoms with van der Waals surface area (Å²) in [6.07, 6.45) is 7.20. The molecule has 27 heavy (non-hydrogen) atoms. The molecule has 0 aliphatic carbocycles. The molecule has 0 fully saturated rings. The van der Waals surface area contributed by atoms with Crippen molar-refractivity contribution >= 4 is 13.8 Å². The van der Waals surface area contributed by atoms with E-state index in [2.05, 4.69) is 27.7 Å². The lowest BCUT2D eigenvalue weighted by molar-refractivity contribution is -0.870. The Bertz CT molecular complexity index is 475. The molecule has 0 spiro atoms. The normalized spacial score (nSPS) is 14.0. The maximum absolute atomic E-state index is 11.7. The lowest BCUT2D eigenvalue weighted by Crippen LogP contribution is -2.35. The van der Waals surface area contributed by atoms with E-state index in [9.17, 15) is 14.3 Å². The Balaban J connectivity index is 3.48. The fourth-order valence-electron chi connectivity index (χ4n) is 2.28. The first-order chi connectivity index (χ1) is 12.5. The Morgan fingerprint density at radius 2 is 1.33 bits per heavy atom. The summed E-state index contributed by atoms with van der Waals surface area (Å²) < 4.78 is 27.6. The number of phosphoric acid groups is 1. The molecule has 0 heterocycles. The summed E-state index contributed by atoms with van der Waals surface area (Å²) in [6, 6.07) is 0. The number of carbonyl (C=O) groups excluding carboxylic acids is 1. The summed E-state index contributed by atoms with van der Waals surface area (Å²) in [5.41, 5.74) is 0.421. The van der Waals surface area contributed by atoms with Gasteiger partial charge in [0.25, 0.3) is 0 Å². The summed E-state index contributed by atoms with van der Waals surface area (Å²) in [5, 5.41) is 0. The predicted octanol–water partition coefficient (Wildman–Crippen LogP) is 4.07. The van der Waals surface area contributed by atoms with Gasteiger partial charge in [0, 0.05) is 5.57 Å². The van der Waals surface area contributed by atoms with E-state index in [4.69, 9.17) is 13.8 Å². The van der Waals surface area contributed by atoms with Crippen molar-refractivity contribution in [1.82, 2.24) is 0 Å². The van der Waals surface area contributed by atoms with Crippen LogP contribution in [-0.2, 0) is 23.1 Å². The first-order valence-electron chi connectivity index (χ1n) is 9.78. The molecule has 0 radical (unpaired) electrons. The molecule has 160 valence electrons. The zero-order valence-corrected chi connectivity index (χ0v) is 18.5. The predicted molar refractivity (Wildman–Crippen MR) is 107 cm³/mol. The van der Waals surface area contributed by atoms with E-state index in [1.807, 2.05) is 0 Å². The van der Waals surface area contributed by atoms with Crippen LogP contribution in [0.4, 0.5) is 0 Å². The van der Waals surface area contributed by atoms with Crippen molar-refractivity contribution in [2.45, 2.75) is 58.3 Å². The minimum atomic E-state index is -3.92. The standard InChI is InChI=1S/C19H38NO6P/c1-18(2)19(21)24-15-11-8-6-7-9-12-16-25-27(22,23)26-17-13-10-14-20(3,4)5/h1,6-17H2,2-5H3/p+1. The third-order valence-corrected chi connectivity index (χ3v) is 4.87. The van der Waals surface area contributed by atoms with Crippen molar-refractivity contribution in [3.63, 3.8) is 0 Å². The highest BCUT2D eigenvalue weighted by Crippen LogP contribution is 2.43. The second kappa shape index (κ2) is 14.3. The zero-order chi connectivity index (χ0) is 20.8. The number of phosphoric ester groups is 1. The van der Waals surface area contributed by atoms with E-state index >= 15 is 0 Å². The van der Waals surface area contributed by atoms with Gasteiger partial charge in [0.15, 0.2) is 0 Å². The van der Waals surface area contributed by atoms with Crippen LogP contribution in [0.25, 0.3) is 0 Å². The van der Waals surface area contributed by atoms with Gasteiger partial charge in [0.2, 0.25) is 0 Å². The molecule has 1 atom stereocenters. The third-order valence-electron chi connectivity index (χ3n) is 3.85. The Hall–Kier alpha value is -0.720. The zero-order valence-electron chi connectivity index (χ0n) is 17.6. The molecule has 0 aromatic rings. The Kier molecular flexibility index (Phi) is 13.9. The number of ether oxygens (including phenoxy) is 1. The molecule has 0 bridgehead atoms. The molecule has 0 amide bonds. The molecule has 1 unspecified atom stereocenters. The van der Waals surface area contributed by atoms with Crippen molar-refractivity contribution in [2.75, 3.05) is 47.5 Å². The van der Waals surface area contributed by atoms with Crippen LogP contribution in [0, 0.1) is 0 Å². The van der Waals surface area contributed by atoms with Gasteiger partial charge >= 0.3 is 13.8 Å². The lowest BCUT2D eigenvalue weighted by Gasteiger charge is -2.23. The van der Waals surface area contributed by atoms with Crippen molar-refractivity contribution in [2.24, 2.45) is 0 Å². The van der Waals surface area contributed by atoms with Gasteiger partial charge in [-0.1, -0.05) is 32.3 Å². The van der Waals surface area contributed by atoms with Gasteiger partial charge in [-0.2, -0.15) is 0 Å². The van der Waals surface area contributed by atoms with E-state index in [1.165, 1.54) is 0 Å². The fraction of sp³-hybridized carbons (Fsp3) is 0.842. The highest BCUT2D eigenvalue weighted by Gasteiger charge is 2.20. The molecule has 0 aromatic carbocycles. The maximum atomic E-state index is 11.7. The van der Waals surface area contributed by atoms with Crippen LogP contribution in [-0.4, -0.2) is 62.9 Å². The Labute approximate surface area is 164 Å². The second-order valence-electron chi connectivity index (χ2n) is 7.89. The van der Waals surface area contributed by atoms with E-state index in [-0.39, 0.29) is 19.2 Å². The van der Waals surface area contributed by atoms with Crippen LogP contribution in [0.5, 0.6) is 0 Å². The lowest BCUT2D eigenvalue weighted by atomic mass is 10.1. The molecule has 7 nitrogen and oxygen atoms in total. The van der Waals surface area contributed by atoms with E-state index in [0.29, 0.717) is 12.2 Å². The number of rotatable bonds is 17. The van der Waals surface area contributed by atoms with Gasteiger partial charge in [0.05, 0.1) is 47.5 Å². The van der Waals surface area contributed by atoms with Gasteiger partial charge in [-0.25, -0.2) is 9.36 Å². The monoisotopic (exact) mass is 408 g/mol.